The summed E-state index contributed by atoms with van der Waals surface area (Å²) < 4.78 is 5.70. The maximum Gasteiger partial charge on any atom is 0.0728 e. The molecule has 0 aromatic carbocycles. The number of hydrogen-bond donors (Lipinski definition) is 1. The Kier molecular flexibility index (Phi) is 6.44. The van der Waals surface area contributed by atoms with Crippen molar-refractivity contribution in [2.75, 3.05) is 7.11 Å². The van der Waals surface area contributed by atoms with Gasteiger partial charge in [-0.2, -0.15) is 0 Å². The standard InChI is InChI=1S/C28H50O2/c1-19(2)8-7-9-20(3)23-10-11-24-22-13-17-28(29)18-21(30-6)12-16-27(28,5)25(22)14-15-26(23,24)4/h19-25,29H,7-18H2,1-6H3/t20-,21-,22-,23-,24-,25-,26+,27-,28-/m1/s1. The number of hydrogen-bond acceptors (Lipinski definition) is 2. The molecule has 1 N–H and O–H groups in total. The van der Waals surface area contributed by atoms with Crippen LogP contribution in [0.3, 0.4) is 0 Å². The van der Waals surface area contributed by atoms with E-state index >= 15 is 0 Å². The van der Waals surface area contributed by atoms with Crippen molar-refractivity contribution < 1.29 is 9.84 Å². The summed E-state index contributed by atoms with van der Waals surface area (Å²) in [7, 11) is 1.83. The average molecular weight is 419 g/mol. The van der Waals surface area contributed by atoms with Gasteiger partial charge in [-0.05, 0) is 97.7 Å². The zero-order valence-electron chi connectivity index (χ0n) is 20.9. The van der Waals surface area contributed by atoms with Crippen LogP contribution in [0, 0.1) is 46.3 Å². The van der Waals surface area contributed by atoms with E-state index in [9.17, 15) is 5.11 Å². The first-order chi connectivity index (χ1) is 14.1. The van der Waals surface area contributed by atoms with Crippen LogP contribution >= 0.6 is 0 Å². The third kappa shape index (κ3) is 3.60. The molecule has 0 aromatic heterocycles. The topological polar surface area (TPSA) is 29.5 Å². The van der Waals surface area contributed by atoms with Crippen LogP contribution in [-0.2, 0) is 4.74 Å². The van der Waals surface area contributed by atoms with E-state index in [4.69, 9.17) is 4.74 Å². The third-order valence-corrected chi connectivity index (χ3v) is 11.3. The molecule has 4 aliphatic carbocycles. The minimum Gasteiger partial charge on any atom is -0.389 e. The van der Waals surface area contributed by atoms with Crippen LogP contribution in [0.15, 0.2) is 0 Å². The van der Waals surface area contributed by atoms with Gasteiger partial charge in [-0.3, -0.25) is 0 Å². The second-order valence-electron chi connectivity index (χ2n) is 13.0. The molecule has 0 radical (unpaired) electrons. The van der Waals surface area contributed by atoms with Gasteiger partial charge in [0.1, 0.15) is 0 Å². The van der Waals surface area contributed by atoms with E-state index in [1.807, 2.05) is 7.11 Å². The molecule has 174 valence electrons. The van der Waals surface area contributed by atoms with Crippen molar-refractivity contribution in [1.82, 2.24) is 0 Å². The molecular formula is C28H50O2. The molecule has 0 bridgehead atoms. The first-order valence-electron chi connectivity index (χ1n) is 13.4. The second kappa shape index (κ2) is 8.36. The van der Waals surface area contributed by atoms with Gasteiger partial charge in [0, 0.05) is 13.5 Å². The fourth-order valence-electron chi connectivity index (χ4n) is 9.44. The molecule has 0 heterocycles. The molecule has 4 rings (SSSR count). The normalized spacial score (nSPS) is 49.4. The summed E-state index contributed by atoms with van der Waals surface area (Å²) in [5.41, 5.74) is 0.157. The van der Waals surface area contributed by atoms with Crippen LogP contribution in [0.4, 0.5) is 0 Å². The lowest BCUT2D eigenvalue weighted by atomic mass is 9.43. The van der Waals surface area contributed by atoms with Gasteiger partial charge in [0.05, 0.1) is 11.7 Å². The monoisotopic (exact) mass is 418 g/mol. The lowest BCUT2D eigenvalue weighted by Crippen LogP contribution is -2.63. The van der Waals surface area contributed by atoms with Gasteiger partial charge in [-0.1, -0.05) is 53.9 Å². The van der Waals surface area contributed by atoms with Crippen molar-refractivity contribution >= 4 is 0 Å². The quantitative estimate of drug-likeness (QED) is 0.492. The number of methoxy groups -OCH3 is 1. The van der Waals surface area contributed by atoms with Gasteiger partial charge in [0.15, 0.2) is 0 Å². The van der Waals surface area contributed by atoms with Crippen LogP contribution in [-0.4, -0.2) is 23.9 Å². The van der Waals surface area contributed by atoms with Crippen LogP contribution in [0.25, 0.3) is 0 Å². The Labute approximate surface area is 186 Å². The van der Waals surface area contributed by atoms with Gasteiger partial charge in [-0.15, -0.1) is 0 Å². The second-order valence-corrected chi connectivity index (χ2v) is 13.0. The molecule has 4 fully saturated rings. The minimum absolute atomic E-state index is 0.104. The first kappa shape index (κ1) is 23.1. The average Bonchev–Trinajstić information content (AvgIpc) is 3.05. The molecule has 0 aromatic rings. The summed E-state index contributed by atoms with van der Waals surface area (Å²) in [6, 6.07) is 0. The van der Waals surface area contributed by atoms with E-state index in [1.54, 1.807) is 0 Å². The summed E-state index contributed by atoms with van der Waals surface area (Å²) in [5.74, 6) is 5.12. The highest BCUT2D eigenvalue weighted by Crippen LogP contribution is 2.69. The zero-order valence-corrected chi connectivity index (χ0v) is 20.9. The molecule has 0 spiro atoms. The Morgan fingerprint density at radius 3 is 2.37 bits per heavy atom. The summed E-state index contributed by atoms with van der Waals surface area (Å²) in [6.07, 6.45) is 15.6. The Balaban J connectivity index is 1.48. The molecule has 4 aliphatic rings. The van der Waals surface area contributed by atoms with Gasteiger partial charge >= 0.3 is 0 Å². The molecule has 0 amide bonds. The molecule has 2 nitrogen and oxygen atoms in total. The minimum atomic E-state index is -0.497. The molecule has 2 heteroatoms. The SMILES string of the molecule is CO[C@@H]1CC[C@]2(C)[C@@H]3CC[C@]4(C)[C@H](CC[C@@H]4[C@H](C)CCCC(C)C)[C@H]3CC[C@@]2(O)C1. The van der Waals surface area contributed by atoms with Crippen molar-refractivity contribution in [1.29, 1.82) is 0 Å². The third-order valence-electron chi connectivity index (χ3n) is 11.3. The first-order valence-corrected chi connectivity index (χ1v) is 13.4. The van der Waals surface area contributed by atoms with Gasteiger partial charge in [-0.25, -0.2) is 0 Å². The Morgan fingerprint density at radius 2 is 1.67 bits per heavy atom. The smallest absolute Gasteiger partial charge is 0.0728 e. The maximum atomic E-state index is 11.8. The lowest BCUT2D eigenvalue weighted by Gasteiger charge is -2.64. The summed E-state index contributed by atoms with van der Waals surface area (Å²) in [4.78, 5) is 0. The van der Waals surface area contributed by atoms with E-state index in [0.29, 0.717) is 5.41 Å². The van der Waals surface area contributed by atoms with Gasteiger partial charge in [0.25, 0.3) is 0 Å². The number of ether oxygens (including phenoxy) is 1. The fourth-order valence-corrected chi connectivity index (χ4v) is 9.44. The molecule has 0 unspecified atom stereocenters. The Bertz CT molecular complexity index is 601. The Morgan fingerprint density at radius 1 is 0.900 bits per heavy atom. The Hall–Kier alpha value is -0.0800. The summed E-state index contributed by atoms with van der Waals surface area (Å²) in [6.45, 7) is 12.4. The van der Waals surface area contributed by atoms with Crippen molar-refractivity contribution in [3.8, 4) is 0 Å². The maximum absolute atomic E-state index is 11.8. The number of fused-ring (bicyclic) bond motifs is 5. The van der Waals surface area contributed by atoms with Crippen molar-refractivity contribution in [3.05, 3.63) is 0 Å². The largest absolute Gasteiger partial charge is 0.389 e. The molecular weight excluding hydrogens is 368 g/mol. The van der Waals surface area contributed by atoms with E-state index in [-0.39, 0.29) is 11.5 Å². The molecule has 30 heavy (non-hydrogen) atoms. The van der Waals surface area contributed by atoms with E-state index in [0.717, 1.165) is 61.2 Å². The zero-order chi connectivity index (χ0) is 21.7. The molecule has 4 saturated carbocycles. The van der Waals surface area contributed by atoms with E-state index < -0.39 is 5.60 Å². The predicted octanol–water partition coefficient (Wildman–Crippen LogP) is 7.24. The van der Waals surface area contributed by atoms with Crippen LogP contribution < -0.4 is 0 Å². The van der Waals surface area contributed by atoms with Crippen molar-refractivity contribution in [3.63, 3.8) is 0 Å². The molecule has 0 aliphatic heterocycles. The number of aliphatic hydroxyl groups is 1. The van der Waals surface area contributed by atoms with Crippen molar-refractivity contribution in [2.24, 2.45) is 46.3 Å². The highest BCUT2D eigenvalue weighted by atomic mass is 16.5. The van der Waals surface area contributed by atoms with E-state index in [1.165, 1.54) is 51.4 Å². The van der Waals surface area contributed by atoms with Crippen LogP contribution in [0.5, 0.6) is 0 Å². The number of rotatable bonds is 6. The molecule has 9 atom stereocenters. The lowest BCUT2D eigenvalue weighted by molar-refractivity contribution is -0.222. The van der Waals surface area contributed by atoms with Crippen LogP contribution in [0.1, 0.15) is 112 Å². The van der Waals surface area contributed by atoms with Gasteiger partial charge in [0.2, 0.25) is 0 Å². The van der Waals surface area contributed by atoms with Gasteiger partial charge < -0.3 is 9.84 Å². The van der Waals surface area contributed by atoms with Crippen molar-refractivity contribution in [2.45, 2.75) is 123 Å². The predicted molar refractivity (Wildman–Crippen MR) is 125 cm³/mol. The molecule has 0 saturated heterocycles. The van der Waals surface area contributed by atoms with Crippen LogP contribution in [0.2, 0.25) is 0 Å². The highest BCUT2D eigenvalue weighted by molar-refractivity contribution is 5.14. The fraction of sp³-hybridized carbons (Fsp3) is 1.00. The van der Waals surface area contributed by atoms with E-state index in [2.05, 4.69) is 34.6 Å². The summed E-state index contributed by atoms with van der Waals surface area (Å²) in [5, 5.41) is 11.8. The summed E-state index contributed by atoms with van der Waals surface area (Å²) >= 11 is 0. The highest BCUT2D eigenvalue weighted by Gasteiger charge is 2.64.